The topological polar surface area (TPSA) is 49.9 Å². The zero-order valence-electron chi connectivity index (χ0n) is 14.6. The summed E-state index contributed by atoms with van der Waals surface area (Å²) in [6.07, 6.45) is -0.332. The average molecular weight is 318 g/mol. The maximum atomic E-state index is 12.6. The van der Waals surface area contributed by atoms with Gasteiger partial charge in [0.2, 0.25) is 5.91 Å². The smallest absolute Gasteiger partial charge is 0.410 e. The highest BCUT2D eigenvalue weighted by Crippen LogP contribution is 2.29. The van der Waals surface area contributed by atoms with E-state index in [1.54, 1.807) is 11.8 Å². The van der Waals surface area contributed by atoms with Gasteiger partial charge in [-0.2, -0.15) is 0 Å². The SMILES string of the molecule is CC(=O)N1CC(c2ccccc2)N(C(=O)OC(C)(C)C)C[C@H]1C. The number of piperazine rings is 1. The predicted molar refractivity (Wildman–Crippen MR) is 89.0 cm³/mol. The lowest BCUT2D eigenvalue weighted by molar-refractivity contribution is -0.135. The Labute approximate surface area is 138 Å². The summed E-state index contributed by atoms with van der Waals surface area (Å²) in [4.78, 5) is 28.1. The Hall–Kier alpha value is -2.04. The van der Waals surface area contributed by atoms with E-state index in [1.165, 1.54) is 0 Å². The van der Waals surface area contributed by atoms with Gasteiger partial charge in [-0.05, 0) is 33.3 Å². The number of carbonyl (C=O) groups excluding carboxylic acids is 2. The van der Waals surface area contributed by atoms with E-state index in [9.17, 15) is 9.59 Å². The Kier molecular flexibility index (Phi) is 4.97. The molecule has 0 saturated carbocycles. The Morgan fingerprint density at radius 1 is 1.09 bits per heavy atom. The van der Waals surface area contributed by atoms with Crippen LogP contribution in [0.2, 0.25) is 0 Å². The van der Waals surface area contributed by atoms with Crippen LogP contribution in [0.1, 0.15) is 46.2 Å². The van der Waals surface area contributed by atoms with Gasteiger partial charge in [0.25, 0.3) is 0 Å². The molecule has 23 heavy (non-hydrogen) atoms. The van der Waals surface area contributed by atoms with Gasteiger partial charge < -0.3 is 9.64 Å². The van der Waals surface area contributed by atoms with E-state index in [-0.39, 0.29) is 24.1 Å². The van der Waals surface area contributed by atoms with E-state index >= 15 is 0 Å². The van der Waals surface area contributed by atoms with Crippen LogP contribution in [0.15, 0.2) is 30.3 Å². The first kappa shape index (κ1) is 17.3. The van der Waals surface area contributed by atoms with E-state index in [0.29, 0.717) is 13.1 Å². The number of rotatable bonds is 1. The molecule has 1 heterocycles. The maximum absolute atomic E-state index is 12.6. The number of carbonyl (C=O) groups is 2. The molecule has 2 rings (SSSR count). The minimum atomic E-state index is -0.542. The third-order valence-electron chi connectivity index (χ3n) is 3.96. The molecule has 0 radical (unpaired) electrons. The minimum Gasteiger partial charge on any atom is -0.444 e. The fourth-order valence-electron chi connectivity index (χ4n) is 2.90. The second-order valence-corrected chi connectivity index (χ2v) is 7.08. The molecule has 2 amide bonds. The zero-order valence-corrected chi connectivity index (χ0v) is 14.6. The quantitative estimate of drug-likeness (QED) is 0.799. The molecular weight excluding hydrogens is 292 g/mol. The van der Waals surface area contributed by atoms with Crippen molar-refractivity contribution in [3.8, 4) is 0 Å². The first-order chi connectivity index (χ1) is 10.7. The van der Waals surface area contributed by atoms with Crippen molar-refractivity contribution in [2.24, 2.45) is 0 Å². The van der Waals surface area contributed by atoms with E-state index in [1.807, 2.05) is 62.9 Å². The van der Waals surface area contributed by atoms with E-state index in [2.05, 4.69) is 0 Å². The first-order valence-corrected chi connectivity index (χ1v) is 8.01. The molecule has 5 heteroatoms. The van der Waals surface area contributed by atoms with Gasteiger partial charge in [-0.1, -0.05) is 30.3 Å². The number of ether oxygens (including phenoxy) is 1. The third-order valence-corrected chi connectivity index (χ3v) is 3.96. The molecule has 2 atom stereocenters. The normalized spacial score (nSPS) is 22.0. The van der Waals surface area contributed by atoms with Crippen LogP contribution in [-0.2, 0) is 9.53 Å². The molecule has 5 nitrogen and oxygen atoms in total. The fourth-order valence-corrected chi connectivity index (χ4v) is 2.90. The van der Waals surface area contributed by atoms with Crippen molar-refractivity contribution in [1.82, 2.24) is 9.80 Å². The van der Waals surface area contributed by atoms with Crippen molar-refractivity contribution in [3.63, 3.8) is 0 Å². The maximum Gasteiger partial charge on any atom is 0.410 e. The highest BCUT2D eigenvalue weighted by Gasteiger charge is 2.38. The van der Waals surface area contributed by atoms with Crippen LogP contribution in [0.5, 0.6) is 0 Å². The number of hydrogen-bond acceptors (Lipinski definition) is 3. The second kappa shape index (κ2) is 6.60. The average Bonchev–Trinajstić information content (AvgIpc) is 2.45. The van der Waals surface area contributed by atoms with Crippen molar-refractivity contribution >= 4 is 12.0 Å². The van der Waals surface area contributed by atoms with Crippen LogP contribution in [0.3, 0.4) is 0 Å². The number of nitrogens with zero attached hydrogens (tertiary/aromatic N) is 2. The van der Waals surface area contributed by atoms with E-state index < -0.39 is 5.60 Å². The molecule has 0 aliphatic carbocycles. The standard InChI is InChI=1S/C18H26N2O3/c1-13-11-20(17(22)23-18(3,4)5)16(12-19(13)14(2)21)15-9-7-6-8-10-15/h6-10,13,16H,11-12H2,1-5H3/t13-,16?/m1/s1. The summed E-state index contributed by atoms with van der Waals surface area (Å²) in [5, 5.41) is 0. The molecule has 0 spiro atoms. The number of hydrogen-bond donors (Lipinski definition) is 0. The van der Waals surface area contributed by atoms with Gasteiger partial charge in [-0.25, -0.2) is 4.79 Å². The Morgan fingerprint density at radius 3 is 2.22 bits per heavy atom. The van der Waals surface area contributed by atoms with Gasteiger partial charge in [0, 0.05) is 26.1 Å². The van der Waals surface area contributed by atoms with Crippen LogP contribution < -0.4 is 0 Å². The first-order valence-electron chi connectivity index (χ1n) is 8.01. The molecule has 1 saturated heterocycles. The van der Waals surface area contributed by atoms with Crippen LogP contribution in [-0.4, -0.2) is 46.5 Å². The fraction of sp³-hybridized carbons (Fsp3) is 0.556. The molecule has 0 N–H and O–H groups in total. The van der Waals surface area contributed by atoms with Gasteiger partial charge in [0.1, 0.15) is 5.60 Å². The van der Waals surface area contributed by atoms with Crippen molar-refractivity contribution < 1.29 is 14.3 Å². The summed E-state index contributed by atoms with van der Waals surface area (Å²) in [7, 11) is 0. The molecule has 1 aromatic carbocycles. The summed E-state index contributed by atoms with van der Waals surface area (Å²) >= 11 is 0. The molecule has 1 fully saturated rings. The summed E-state index contributed by atoms with van der Waals surface area (Å²) < 4.78 is 5.56. The summed E-state index contributed by atoms with van der Waals surface area (Å²) in [5.41, 5.74) is 0.468. The summed E-state index contributed by atoms with van der Waals surface area (Å²) in [6, 6.07) is 9.57. The molecule has 0 bridgehead atoms. The predicted octanol–water partition coefficient (Wildman–Crippen LogP) is 3.22. The third kappa shape index (κ3) is 4.24. The summed E-state index contributed by atoms with van der Waals surface area (Å²) in [6.45, 7) is 10.1. The van der Waals surface area contributed by atoms with Gasteiger partial charge in [0.05, 0.1) is 6.04 Å². The number of benzene rings is 1. The minimum absolute atomic E-state index is 0.0278. The van der Waals surface area contributed by atoms with E-state index in [0.717, 1.165) is 5.56 Å². The second-order valence-electron chi connectivity index (χ2n) is 7.08. The van der Waals surface area contributed by atoms with Gasteiger partial charge in [-0.15, -0.1) is 0 Å². The Bertz CT molecular complexity index is 565. The lowest BCUT2D eigenvalue weighted by Gasteiger charge is -2.45. The van der Waals surface area contributed by atoms with Crippen molar-refractivity contribution in [2.75, 3.05) is 13.1 Å². The monoisotopic (exact) mass is 318 g/mol. The molecule has 1 unspecified atom stereocenters. The lowest BCUT2D eigenvalue weighted by atomic mass is 10.00. The Morgan fingerprint density at radius 2 is 1.70 bits per heavy atom. The molecule has 126 valence electrons. The largest absolute Gasteiger partial charge is 0.444 e. The van der Waals surface area contributed by atoms with Crippen LogP contribution in [0, 0.1) is 0 Å². The van der Waals surface area contributed by atoms with Crippen molar-refractivity contribution in [2.45, 2.75) is 52.3 Å². The van der Waals surface area contributed by atoms with Gasteiger partial charge in [0.15, 0.2) is 0 Å². The van der Waals surface area contributed by atoms with Crippen LogP contribution in [0.25, 0.3) is 0 Å². The Balaban J connectivity index is 2.30. The molecule has 1 aliphatic heterocycles. The number of amides is 2. The van der Waals surface area contributed by atoms with E-state index in [4.69, 9.17) is 4.74 Å². The van der Waals surface area contributed by atoms with Crippen LogP contribution >= 0.6 is 0 Å². The van der Waals surface area contributed by atoms with Crippen molar-refractivity contribution in [1.29, 1.82) is 0 Å². The molecule has 0 aromatic heterocycles. The highest BCUT2D eigenvalue weighted by atomic mass is 16.6. The molecular formula is C18H26N2O3. The lowest BCUT2D eigenvalue weighted by Crippen LogP contribution is -2.57. The molecule has 1 aliphatic rings. The van der Waals surface area contributed by atoms with Crippen molar-refractivity contribution in [3.05, 3.63) is 35.9 Å². The van der Waals surface area contributed by atoms with Gasteiger partial charge >= 0.3 is 6.09 Å². The summed E-state index contributed by atoms with van der Waals surface area (Å²) in [5.74, 6) is 0.0299. The highest BCUT2D eigenvalue weighted by molar-refractivity contribution is 5.75. The van der Waals surface area contributed by atoms with Crippen LogP contribution in [0.4, 0.5) is 4.79 Å². The zero-order chi connectivity index (χ0) is 17.2. The molecule has 1 aromatic rings. The van der Waals surface area contributed by atoms with Gasteiger partial charge in [-0.3, -0.25) is 9.69 Å².